The number of hydrogen-bond donors (Lipinski definition) is 1. The summed E-state index contributed by atoms with van der Waals surface area (Å²) < 4.78 is 0. The van der Waals surface area contributed by atoms with Gasteiger partial charge in [-0.05, 0) is 31.4 Å². The van der Waals surface area contributed by atoms with Crippen molar-refractivity contribution >= 4 is 16.9 Å². The van der Waals surface area contributed by atoms with Crippen molar-refractivity contribution in [1.29, 1.82) is 0 Å². The Balaban J connectivity index is 1.74. The molecule has 1 atom stereocenters. The average Bonchev–Trinajstić information content (AvgIpc) is 3.15. The highest BCUT2D eigenvalue weighted by Crippen LogP contribution is 2.30. The Kier molecular flexibility index (Phi) is 3.45. The molecule has 7 nitrogen and oxygen atoms in total. The zero-order valence-electron chi connectivity index (χ0n) is 12.5. The van der Waals surface area contributed by atoms with Gasteiger partial charge in [0.25, 0.3) is 5.91 Å². The van der Waals surface area contributed by atoms with Gasteiger partial charge in [-0.15, -0.1) is 0 Å². The van der Waals surface area contributed by atoms with Crippen molar-refractivity contribution in [3.63, 3.8) is 0 Å². The number of aromatic nitrogens is 5. The highest BCUT2D eigenvalue weighted by atomic mass is 16.2. The Morgan fingerprint density at radius 2 is 2.09 bits per heavy atom. The van der Waals surface area contributed by atoms with E-state index in [2.05, 4.69) is 25.1 Å². The predicted octanol–water partition coefficient (Wildman–Crippen LogP) is 2.12. The molecule has 23 heavy (non-hydrogen) atoms. The number of para-hydroxylation sites is 1. The summed E-state index contributed by atoms with van der Waals surface area (Å²) in [5.41, 5.74) is 1.95. The Morgan fingerprint density at radius 1 is 1.17 bits per heavy atom. The summed E-state index contributed by atoms with van der Waals surface area (Å²) in [6.45, 7) is 0.709. The molecule has 1 aliphatic rings. The van der Waals surface area contributed by atoms with E-state index in [-0.39, 0.29) is 11.9 Å². The summed E-state index contributed by atoms with van der Waals surface area (Å²) >= 11 is 0. The summed E-state index contributed by atoms with van der Waals surface area (Å²) in [6, 6.07) is 5.46. The SMILES string of the molecule is O=C(c1cccc2nccnc12)N1CCCC[C@@H]1c1ncn[nH]1. The lowest BCUT2D eigenvalue weighted by atomic mass is 10.00. The second-order valence-corrected chi connectivity index (χ2v) is 5.61. The fourth-order valence-corrected chi connectivity index (χ4v) is 3.15. The number of rotatable bonds is 2. The van der Waals surface area contributed by atoms with Gasteiger partial charge in [-0.25, -0.2) is 4.98 Å². The number of H-pyrrole nitrogens is 1. The van der Waals surface area contributed by atoms with Crippen LogP contribution in [0.3, 0.4) is 0 Å². The number of nitrogens with zero attached hydrogens (tertiary/aromatic N) is 5. The smallest absolute Gasteiger partial charge is 0.256 e. The number of aromatic amines is 1. The first-order valence-corrected chi connectivity index (χ1v) is 7.70. The fourth-order valence-electron chi connectivity index (χ4n) is 3.15. The van der Waals surface area contributed by atoms with E-state index in [0.29, 0.717) is 17.6 Å². The van der Waals surface area contributed by atoms with Crippen LogP contribution in [0.2, 0.25) is 0 Å². The van der Waals surface area contributed by atoms with E-state index in [1.54, 1.807) is 12.4 Å². The van der Waals surface area contributed by atoms with E-state index in [1.165, 1.54) is 6.33 Å². The van der Waals surface area contributed by atoms with E-state index in [0.717, 1.165) is 30.6 Å². The van der Waals surface area contributed by atoms with Crippen LogP contribution in [0.1, 0.15) is 41.5 Å². The molecule has 1 amide bonds. The molecule has 116 valence electrons. The monoisotopic (exact) mass is 308 g/mol. The molecule has 1 fully saturated rings. The zero-order chi connectivity index (χ0) is 15.6. The van der Waals surface area contributed by atoms with Gasteiger partial charge in [-0.2, -0.15) is 5.10 Å². The Morgan fingerprint density at radius 3 is 2.96 bits per heavy atom. The number of nitrogens with one attached hydrogen (secondary N) is 1. The number of likely N-dealkylation sites (tertiary alicyclic amines) is 1. The van der Waals surface area contributed by atoms with E-state index in [4.69, 9.17) is 0 Å². The van der Waals surface area contributed by atoms with Gasteiger partial charge in [0, 0.05) is 18.9 Å². The molecular weight excluding hydrogens is 292 g/mol. The number of piperidine rings is 1. The molecule has 0 unspecified atom stereocenters. The van der Waals surface area contributed by atoms with Gasteiger partial charge in [0.1, 0.15) is 17.7 Å². The van der Waals surface area contributed by atoms with Gasteiger partial charge in [0.2, 0.25) is 0 Å². The minimum atomic E-state index is -0.0642. The van der Waals surface area contributed by atoms with Crippen molar-refractivity contribution in [2.75, 3.05) is 6.54 Å². The number of benzene rings is 1. The first kappa shape index (κ1) is 13.8. The van der Waals surface area contributed by atoms with Crippen molar-refractivity contribution in [2.24, 2.45) is 0 Å². The summed E-state index contributed by atoms with van der Waals surface area (Å²) in [5.74, 6) is 0.710. The molecule has 0 aliphatic carbocycles. The standard InChI is InChI=1S/C16H16N6O/c23-16(11-4-3-5-12-14(11)18-8-7-17-12)22-9-2-1-6-13(22)15-19-10-20-21-15/h3-5,7-8,10,13H,1-2,6,9H2,(H,19,20,21)/t13-/m1/s1. The van der Waals surface area contributed by atoms with Gasteiger partial charge in [0.15, 0.2) is 0 Å². The van der Waals surface area contributed by atoms with Crippen molar-refractivity contribution in [3.8, 4) is 0 Å². The van der Waals surface area contributed by atoms with Gasteiger partial charge in [-0.1, -0.05) is 6.07 Å². The molecule has 0 spiro atoms. The highest BCUT2D eigenvalue weighted by molar-refractivity contribution is 6.04. The number of carbonyl (C=O) groups excluding carboxylic acids is 1. The lowest BCUT2D eigenvalue weighted by Gasteiger charge is -2.34. The Labute approximate surface area is 132 Å². The van der Waals surface area contributed by atoms with Crippen LogP contribution in [-0.2, 0) is 0 Å². The highest BCUT2D eigenvalue weighted by Gasteiger charge is 2.31. The lowest BCUT2D eigenvalue weighted by molar-refractivity contribution is 0.0602. The number of hydrogen-bond acceptors (Lipinski definition) is 5. The third-order valence-electron chi connectivity index (χ3n) is 4.24. The molecule has 0 radical (unpaired) electrons. The Hall–Kier alpha value is -2.83. The maximum atomic E-state index is 13.1. The summed E-state index contributed by atoms with van der Waals surface area (Å²) in [4.78, 5) is 27.8. The van der Waals surface area contributed by atoms with Crippen molar-refractivity contribution < 1.29 is 4.79 Å². The van der Waals surface area contributed by atoms with Crippen LogP contribution in [0, 0.1) is 0 Å². The van der Waals surface area contributed by atoms with Crippen molar-refractivity contribution in [2.45, 2.75) is 25.3 Å². The van der Waals surface area contributed by atoms with Crippen LogP contribution in [-0.4, -0.2) is 42.5 Å². The molecule has 1 saturated heterocycles. The molecule has 1 aromatic carbocycles. The molecule has 7 heteroatoms. The quantitative estimate of drug-likeness (QED) is 0.783. The van der Waals surface area contributed by atoms with Gasteiger partial charge < -0.3 is 4.90 Å². The average molecular weight is 308 g/mol. The summed E-state index contributed by atoms with van der Waals surface area (Å²) in [7, 11) is 0. The molecule has 2 aromatic heterocycles. The molecule has 0 bridgehead atoms. The lowest BCUT2D eigenvalue weighted by Crippen LogP contribution is -2.39. The first-order valence-electron chi connectivity index (χ1n) is 7.70. The maximum Gasteiger partial charge on any atom is 0.256 e. The summed E-state index contributed by atoms with van der Waals surface area (Å²) in [6.07, 6.45) is 7.68. The minimum Gasteiger partial charge on any atom is -0.328 e. The van der Waals surface area contributed by atoms with Crippen LogP contribution in [0.25, 0.3) is 11.0 Å². The van der Waals surface area contributed by atoms with Gasteiger partial charge in [0.05, 0.1) is 17.1 Å². The summed E-state index contributed by atoms with van der Waals surface area (Å²) in [5, 5.41) is 6.81. The maximum absolute atomic E-state index is 13.1. The molecule has 1 N–H and O–H groups in total. The Bertz CT molecular complexity index is 826. The predicted molar refractivity (Wildman–Crippen MR) is 83.5 cm³/mol. The first-order chi connectivity index (χ1) is 11.3. The van der Waals surface area contributed by atoms with Crippen molar-refractivity contribution in [1.82, 2.24) is 30.0 Å². The second-order valence-electron chi connectivity index (χ2n) is 5.61. The van der Waals surface area contributed by atoms with E-state index >= 15 is 0 Å². The minimum absolute atomic E-state index is 0.0304. The van der Waals surface area contributed by atoms with Crippen LogP contribution < -0.4 is 0 Å². The normalized spacial score (nSPS) is 18.3. The van der Waals surface area contributed by atoms with Gasteiger partial charge in [-0.3, -0.25) is 19.9 Å². The fraction of sp³-hybridized carbons (Fsp3) is 0.312. The largest absolute Gasteiger partial charge is 0.328 e. The van der Waals surface area contributed by atoms with Crippen LogP contribution in [0.15, 0.2) is 36.9 Å². The van der Waals surface area contributed by atoms with Gasteiger partial charge >= 0.3 is 0 Å². The van der Waals surface area contributed by atoms with E-state index in [1.807, 2.05) is 23.1 Å². The molecule has 0 saturated carbocycles. The number of carbonyl (C=O) groups is 1. The van der Waals surface area contributed by atoms with Crippen LogP contribution in [0.5, 0.6) is 0 Å². The third kappa shape index (κ3) is 2.44. The molecule has 3 heterocycles. The van der Waals surface area contributed by atoms with E-state index < -0.39 is 0 Å². The molecular formula is C16H16N6O. The third-order valence-corrected chi connectivity index (χ3v) is 4.24. The number of amides is 1. The molecule has 1 aliphatic heterocycles. The molecule has 3 aromatic rings. The topological polar surface area (TPSA) is 87.7 Å². The van der Waals surface area contributed by atoms with E-state index in [9.17, 15) is 4.79 Å². The second kappa shape index (κ2) is 5.75. The van der Waals surface area contributed by atoms with Crippen molar-refractivity contribution in [3.05, 3.63) is 48.3 Å². The number of fused-ring (bicyclic) bond motifs is 1. The zero-order valence-corrected chi connectivity index (χ0v) is 12.5. The van der Waals surface area contributed by atoms with Crippen LogP contribution in [0.4, 0.5) is 0 Å². The van der Waals surface area contributed by atoms with Crippen LogP contribution >= 0.6 is 0 Å². The molecule has 4 rings (SSSR count).